The van der Waals surface area contributed by atoms with Crippen molar-refractivity contribution in [2.45, 2.75) is 31.7 Å². The summed E-state index contributed by atoms with van der Waals surface area (Å²) in [7, 11) is 2.18. The lowest BCUT2D eigenvalue weighted by Gasteiger charge is -2.21. The summed E-state index contributed by atoms with van der Waals surface area (Å²) < 4.78 is 0. The monoisotopic (exact) mass is 266 g/mol. The Balaban J connectivity index is 2.41. The summed E-state index contributed by atoms with van der Waals surface area (Å²) in [4.78, 5) is 3.74. The molecule has 0 heterocycles. The van der Waals surface area contributed by atoms with Crippen LogP contribution in [-0.4, -0.2) is 30.8 Å². The third kappa shape index (κ3) is 5.89. The van der Waals surface area contributed by atoms with E-state index in [-0.39, 0.29) is 0 Å². The average Bonchev–Trinajstić information content (AvgIpc) is 2.32. The lowest BCUT2D eigenvalue weighted by Crippen LogP contribution is -2.25. The predicted molar refractivity (Wildman–Crippen MR) is 82.0 cm³/mol. The van der Waals surface area contributed by atoms with Gasteiger partial charge in [0.05, 0.1) is 0 Å². The molecule has 0 saturated carbocycles. The van der Waals surface area contributed by atoms with Crippen LogP contribution in [0.1, 0.15) is 25.8 Å². The summed E-state index contributed by atoms with van der Waals surface area (Å²) in [6.45, 7) is 7.38. The van der Waals surface area contributed by atoms with Gasteiger partial charge in [-0.15, -0.1) is 11.8 Å². The van der Waals surface area contributed by atoms with Crippen molar-refractivity contribution in [3.05, 3.63) is 29.8 Å². The van der Waals surface area contributed by atoms with Gasteiger partial charge in [0.25, 0.3) is 0 Å². The van der Waals surface area contributed by atoms with Crippen molar-refractivity contribution in [3.63, 3.8) is 0 Å². The quantitative estimate of drug-likeness (QED) is 0.733. The van der Waals surface area contributed by atoms with Gasteiger partial charge in [0, 0.05) is 18.0 Å². The molecule has 18 heavy (non-hydrogen) atoms. The minimum atomic E-state index is 0.676. The van der Waals surface area contributed by atoms with Crippen LogP contribution in [0.4, 0.5) is 0 Å². The molecule has 102 valence electrons. The number of hydrogen-bond acceptors (Lipinski definition) is 3. The Labute approximate surface area is 116 Å². The Bertz CT molecular complexity index is 324. The first kappa shape index (κ1) is 15.5. The van der Waals surface area contributed by atoms with E-state index in [4.69, 9.17) is 5.73 Å². The lowest BCUT2D eigenvalue weighted by atomic mass is 10.1. The smallest absolute Gasteiger partial charge is 0.0230 e. The topological polar surface area (TPSA) is 29.3 Å². The maximum atomic E-state index is 5.58. The lowest BCUT2D eigenvalue weighted by molar-refractivity contribution is 0.273. The summed E-state index contributed by atoms with van der Waals surface area (Å²) in [6.07, 6.45) is 1.11. The van der Waals surface area contributed by atoms with E-state index in [2.05, 4.69) is 50.1 Å². The number of thioether (sulfide) groups is 1. The normalized spacial score (nSPS) is 12.9. The largest absolute Gasteiger partial charge is 0.330 e. The minimum absolute atomic E-state index is 0.676. The van der Waals surface area contributed by atoms with Crippen molar-refractivity contribution in [3.8, 4) is 0 Å². The third-order valence-corrected chi connectivity index (χ3v) is 3.86. The van der Waals surface area contributed by atoms with Crippen LogP contribution < -0.4 is 5.73 Å². The number of nitrogens with zero attached hydrogens (tertiary/aromatic N) is 1. The fourth-order valence-corrected chi connectivity index (χ4v) is 2.80. The van der Waals surface area contributed by atoms with Crippen LogP contribution in [-0.2, 0) is 6.54 Å². The first-order chi connectivity index (χ1) is 8.65. The van der Waals surface area contributed by atoms with Gasteiger partial charge in [-0.05, 0) is 49.4 Å². The molecule has 0 fully saturated rings. The van der Waals surface area contributed by atoms with Gasteiger partial charge in [-0.2, -0.15) is 0 Å². The minimum Gasteiger partial charge on any atom is -0.330 e. The molecular formula is C15H26N2S. The first-order valence-corrected chi connectivity index (χ1v) is 7.74. The second-order valence-corrected chi connectivity index (χ2v) is 6.29. The Morgan fingerprint density at radius 3 is 2.50 bits per heavy atom. The molecule has 0 amide bonds. The van der Waals surface area contributed by atoms with Gasteiger partial charge < -0.3 is 10.6 Å². The highest BCUT2D eigenvalue weighted by Gasteiger charge is 2.06. The molecule has 1 atom stereocenters. The van der Waals surface area contributed by atoms with Crippen LogP contribution in [0.3, 0.4) is 0 Å². The fourth-order valence-electron chi connectivity index (χ4n) is 2.14. The second kappa shape index (κ2) is 8.57. The van der Waals surface area contributed by atoms with Crippen LogP contribution in [0.25, 0.3) is 0 Å². The Morgan fingerprint density at radius 1 is 1.28 bits per heavy atom. The summed E-state index contributed by atoms with van der Waals surface area (Å²) in [6, 6.07) is 8.92. The highest BCUT2D eigenvalue weighted by Crippen LogP contribution is 2.18. The maximum Gasteiger partial charge on any atom is 0.0230 e. The Hall–Kier alpha value is -0.510. The third-order valence-electron chi connectivity index (χ3n) is 2.97. The molecule has 0 aliphatic heterocycles. The molecule has 2 nitrogen and oxygen atoms in total. The van der Waals surface area contributed by atoms with Gasteiger partial charge >= 0.3 is 0 Å². The van der Waals surface area contributed by atoms with Gasteiger partial charge in [0.15, 0.2) is 0 Å². The Kier molecular flexibility index (Phi) is 7.40. The van der Waals surface area contributed by atoms with Crippen molar-refractivity contribution >= 4 is 11.8 Å². The number of hydrogen-bond donors (Lipinski definition) is 1. The van der Waals surface area contributed by atoms with E-state index >= 15 is 0 Å². The van der Waals surface area contributed by atoms with Crippen molar-refractivity contribution in [1.82, 2.24) is 4.90 Å². The summed E-state index contributed by atoms with van der Waals surface area (Å²) in [5.41, 5.74) is 6.97. The molecule has 0 aromatic heterocycles. The number of rotatable bonds is 8. The van der Waals surface area contributed by atoms with Crippen molar-refractivity contribution < 1.29 is 0 Å². The van der Waals surface area contributed by atoms with Crippen LogP contribution in [0.5, 0.6) is 0 Å². The van der Waals surface area contributed by atoms with E-state index in [1.165, 1.54) is 10.5 Å². The summed E-state index contributed by atoms with van der Waals surface area (Å²) in [5.74, 6) is 1.81. The van der Waals surface area contributed by atoms with E-state index in [9.17, 15) is 0 Å². The molecule has 0 spiro atoms. The molecule has 0 aliphatic carbocycles. The van der Waals surface area contributed by atoms with Crippen molar-refractivity contribution in [2.24, 2.45) is 11.7 Å². The van der Waals surface area contributed by atoms with E-state index in [1.54, 1.807) is 0 Å². The molecule has 0 radical (unpaired) electrons. The molecule has 0 bridgehead atoms. The van der Waals surface area contributed by atoms with Gasteiger partial charge in [-0.25, -0.2) is 0 Å². The summed E-state index contributed by atoms with van der Waals surface area (Å²) >= 11 is 1.89. The van der Waals surface area contributed by atoms with Crippen LogP contribution in [0, 0.1) is 5.92 Å². The van der Waals surface area contributed by atoms with Crippen molar-refractivity contribution in [1.29, 1.82) is 0 Å². The van der Waals surface area contributed by atoms with E-state index in [0.717, 1.165) is 31.8 Å². The number of benzene rings is 1. The summed E-state index contributed by atoms with van der Waals surface area (Å²) in [5, 5.41) is 0. The van der Waals surface area contributed by atoms with E-state index < -0.39 is 0 Å². The van der Waals surface area contributed by atoms with Gasteiger partial charge in [0.1, 0.15) is 0 Å². The zero-order chi connectivity index (χ0) is 13.4. The first-order valence-electron chi connectivity index (χ1n) is 6.76. The molecule has 0 aliphatic rings. The highest BCUT2D eigenvalue weighted by molar-refractivity contribution is 7.99. The molecule has 1 rings (SSSR count). The molecule has 1 aromatic rings. The second-order valence-electron chi connectivity index (χ2n) is 4.96. The van der Waals surface area contributed by atoms with Crippen LogP contribution >= 0.6 is 11.8 Å². The highest BCUT2D eigenvalue weighted by atomic mass is 32.2. The zero-order valence-electron chi connectivity index (χ0n) is 11.9. The zero-order valence-corrected chi connectivity index (χ0v) is 12.7. The van der Waals surface area contributed by atoms with Gasteiger partial charge in [0.2, 0.25) is 0 Å². The van der Waals surface area contributed by atoms with Gasteiger partial charge in [-0.1, -0.05) is 26.0 Å². The van der Waals surface area contributed by atoms with Gasteiger partial charge in [-0.3, -0.25) is 0 Å². The molecule has 1 unspecified atom stereocenters. The average molecular weight is 266 g/mol. The van der Waals surface area contributed by atoms with Crippen molar-refractivity contribution in [2.75, 3.05) is 25.9 Å². The SMILES string of the molecule is CCSc1ccc(CN(C)CC(C)CCN)cc1. The molecule has 1 aromatic carbocycles. The maximum absolute atomic E-state index is 5.58. The fraction of sp³-hybridized carbons (Fsp3) is 0.600. The molecule has 3 heteroatoms. The van der Waals surface area contributed by atoms with Crippen LogP contribution in [0.15, 0.2) is 29.2 Å². The molecule has 0 saturated heterocycles. The Morgan fingerprint density at radius 2 is 1.94 bits per heavy atom. The predicted octanol–water partition coefficient (Wildman–Crippen LogP) is 3.22. The molecular weight excluding hydrogens is 240 g/mol. The standard InChI is InChI=1S/C15H26N2S/c1-4-18-15-7-5-14(6-8-15)12-17(3)11-13(2)9-10-16/h5-8,13H,4,9-12,16H2,1-3H3. The van der Waals surface area contributed by atoms with E-state index in [1.807, 2.05) is 11.8 Å². The van der Waals surface area contributed by atoms with Crippen LogP contribution in [0.2, 0.25) is 0 Å². The van der Waals surface area contributed by atoms with E-state index in [0.29, 0.717) is 5.92 Å². The number of nitrogens with two attached hydrogens (primary N) is 1. The molecule has 2 N–H and O–H groups in total.